The zero-order chi connectivity index (χ0) is 17.9. The molecule has 0 atom stereocenters. The first-order valence-electron chi connectivity index (χ1n) is 7.62. The largest absolute Gasteiger partial charge is 0.289 e. The summed E-state index contributed by atoms with van der Waals surface area (Å²) in [7, 11) is 0. The second-order valence-electron chi connectivity index (χ2n) is 5.18. The molecule has 0 aliphatic carbocycles. The normalized spacial score (nSPS) is 13.0. The number of allylic oxidation sites excluding steroid dienone is 10. The van der Waals surface area contributed by atoms with Crippen LogP contribution in [-0.2, 0) is 4.79 Å². The van der Waals surface area contributed by atoms with Gasteiger partial charge in [0, 0.05) is 11.1 Å². The minimum atomic E-state index is -0.149. The monoisotopic (exact) mass is 318 g/mol. The van der Waals surface area contributed by atoms with Crippen LogP contribution < -0.4 is 0 Å². The number of carbonyl (C=O) groups is 2. The molecule has 0 aliphatic rings. The van der Waals surface area contributed by atoms with E-state index in [0.29, 0.717) is 22.3 Å². The molecule has 0 fully saturated rings. The van der Waals surface area contributed by atoms with E-state index in [4.69, 9.17) is 0 Å². The first-order valence-corrected chi connectivity index (χ1v) is 7.62. The van der Waals surface area contributed by atoms with Crippen LogP contribution in [0.15, 0.2) is 103 Å². The van der Waals surface area contributed by atoms with E-state index in [2.05, 4.69) is 13.2 Å². The molecule has 1 rings (SSSR count). The summed E-state index contributed by atoms with van der Waals surface area (Å²) in [5.74, 6) is -0.254. The Morgan fingerprint density at radius 2 is 1.54 bits per heavy atom. The van der Waals surface area contributed by atoms with E-state index in [9.17, 15) is 9.59 Å². The summed E-state index contributed by atoms with van der Waals surface area (Å²) >= 11 is 0. The van der Waals surface area contributed by atoms with Crippen molar-refractivity contribution in [3.05, 3.63) is 108 Å². The summed E-state index contributed by atoms with van der Waals surface area (Å²) in [5.41, 5.74) is 2.08. The molecular formula is C22H22O2. The van der Waals surface area contributed by atoms with E-state index >= 15 is 0 Å². The molecule has 2 nitrogen and oxygen atoms in total. The molecule has 0 spiro atoms. The van der Waals surface area contributed by atoms with Gasteiger partial charge < -0.3 is 0 Å². The molecule has 0 saturated carbocycles. The third-order valence-corrected chi connectivity index (χ3v) is 3.28. The van der Waals surface area contributed by atoms with E-state index in [-0.39, 0.29) is 11.6 Å². The first kappa shape index (κ1) is 19.0. The summed E-state index contributed by atoms with van der Waals surface area (Å²) in [6.45, 7) is 10.7. The molecule has 0 heterocycles. The van der Waals surface area contributed by atoms with Crippen molar-refractivity contribution in [3.8, 4) is 0 Å². The highest BCUT2D eigenvalue weighted by atomic mass is 16.1. The van der Waals surface area contributed by atoms with E-state index in [1.165, 1.54) is 6.08 Å². The number of ketones is 2. The second-order valence-corrected chi connectivity index (χ2v) is 5.18. The van der Waals surface area contributed by atoms with Gasteiger partial charge in [-0.3, -0.25) is 9.59 Å². The maximum Gasteiger partial charge on any atom is 0.188 e. The summed E-state index contributed by atoms with van der Waals surface area (Å²) in [5, 5.41) is 0. The van der Waals surface area contributed by atoms with Crippen LogP contribution in [0.4, 0.5) is 0 Å². The van der Waals surface area contributed by atoms with Gasteiger partial charge in [0.1, 0.15) is 0 Å². The quantitative estimate of drug-likeness (QED) is 0.376. The smallest absolute Gasteiger partial charge is 0.188 e. The third-order valence-electron chi connectivity index (χ3n) is 3.28. The Labute approximate surface area is 143 Å². The van der Waals surface area contributed by atoms with Gasteiger partial charge in [-0.05, 0) is 31.1 Å². The van der Waals surface area contributed by atoms with E-state index in [0.717, 1.165) is 0 Å². The fraction of sp³-hybridized carbons (Fsp3) is 0.0909. The van der Waals surface area contributed by atoms with Crippen LogP contribution in [0.3, 0.4) is 0 Å². The third kappa shape index (κ3) is 5.65. The minimum Gasteiger partial charge on any atom is -0.289 e. The van der Waals surface area contributed by atoms with E-state index in [1.807, 2.05) is 18.2 Å². The van der Waals surface area contributed by atoms with Gasteiger partial charge >= 0.3 is 0 Å². The summed E-state index contributed by atoms with van der Waals surface area (Å²) in [6, 6.07) is 8.98. The predicted octanol–water partition coefficient (Wildman–Crippen LogP) is 5.19. The molecule has 0 radical (unpaired) electrons. The number of Topliss-reactive ketones (excluding diaryl/α,β-unsaturated/α-hetero) is 2. The SMILES string of the molecule is C=C/C=C\C=C(/C)C(=O)C(/C=C(\C)C(=O)c1ccccc1)=C/C=C. The minimum absolute atomic E-state index is 0.105. The van der Waals surface area contributed by atoms with Gasteiger partial charge in [0.2, 0.25) is 0 Å². The predicted molar refractivity (Wildman–Crippen MR) is 101 cm³/mol. The Morgan fingerprint density at radius 1 is 0.875 bits per heavy atom. The van der Waals surface area contributed by atoms with Crippen molar-refractivity contribution >= 4 is 11.6 Å². The van der Waals surface area contributed by atoms with Crippen molar-refractivity contribution in [2.24, 2.45) is 0 Å². The van der Waals surface area contributed by atoms with Gasteiger partial charge in [-0.2, -0.15) is 0 Å². The summed E-state index contributed by atoms with van der Waals surface area (Å²) in [4.78, 5) is 24.9. The van der Waals surface area contributed by atoms with Crippen LogP contribution >= 0.6 is 0 Å². The lowest BCUT2D eigenvalue weighted by atomic mass is 9.98. The van der Waals surface area contributed by atoms with Gasteiger partial charge in [-0.15, -0.1) is 0 Å². The fourth-order valence-electron chi connectivity index (χ4n) is 2.01. The fourth-order valence-corrected chi connectivity index (χ4v) is 2.01. The highest BCUT2D eigenvalue weighted by Gasteiger charge is 2.12. The van der Waals surface area contributed by atoms with Crippen LogP contribution in [0.25, 0.3) is 0 Å². The van der Waals surface area contributed by atoms with Crippen LogP contribution in [0.1, 0.15) is 24.2 Å². The first-order chi connectivity index (χ1) is 11.5. The lowest BCUT2D eigenvalue weighted by Gasteiger charge is -2.05. The topological polar surface area (TPSA) is 34.1 Å². The Balaban J connectivity index is 3.10. The molecule has 0 amide bonds. The Morgan fingerprint density at radius 3 is 2.12 bits per heavy atom. The van der Waals surface area contributed by atoms with Crippen molar-refractivity contribution in [1.82, 2.24) is 0 Å². The van der Waals surface area contributed by atoms with Gasteiger partial charge in [0.05, 0.1) is 0 Å². The van der Waals surface area contributed by atoms with Crippen LogP contribution in [0.5, 0.6) is 0 Å². The number of hydrogen-bond donors (Lipinski definition) is 0. The van der Waals surface area contributed by atoms with Crippen molar-refractivity contribution < 1.29 is 9.59 Å². The summed E-state index contributed by atoms with van der Waals surface area (Å²) in [6.07, 6.45) is 11.6. The zero-order valence-electron chi connectivity index (χ0n) is 14.2. The van der Waals surface area contributed by atoms with Crippen molar-refractivity contribution in [1.29, 1.82) is 0 Å². The molecule has 0 saturated heterocycles. The molecule has 0 aliphatic heterocycles. The van der Waals surface area contributed by atoms with Gasteiger partial charge in [0.15, 0.2) is 11.6 Å². The van der Waals surface area contributed by atoms with Gasteiger partial charge in [0.25, 0.3) is 0 Å². The molecule has 2 heteroatoms. The molecule has 0 bridgehead atoms. The molecular weight excluding hydrogens is 296 g/mol. The number of hydrogen-bond acceptors (Lipinski definition) is 2. The average Bonchev–Trinajstić information content (AvgIpc) is 2.60. The summed E-state index contributed by atoms with van der Waals surface area (Å²) < 4.78 is 0. The number of rotatable bonds is 8. The van der Waals surface area contributed by atoms with Crippen molar-refractivity contribution in [2.45, 2.75) is 13.8 Å². The average molecular weight is 318 g/mol. The van der Waals surface area contributed by atoms with Gasteiger partial charge in [-0.25, -0.2) is 0 Å². The lowest BCUT2D eigenvalue weighted by molar-refractivity contribution is -0.111. The Bertz CT molecular complexity index is 741. The maximum absolute atomic E-state index is 12.5. The molecule has 0 aromatic heterocycles. The Hall–Kier alpha value is -3.00. The molecule has 122 valence electrons. The highest BCUT2D eigenvalue weighted by molar-refractivity contribution is 6.13. The Kier molecular flexibility index (Phi) is 7.86. The second kappa shape index (κ2) is 9.90. The van der Waals surface area contributed by atoms with E-state index in [1.54, 1.807) is 62.4 Å². The van der Waals surface area contributed by atoms with Crippen LogP contribution in [0.2, 0.25) is 0 Å². The van der Waals surface area contributed by atoms with Crippen LogP contribution in [0, 0.1) is 0 Å². The van der Waals surface area contributed by atoms with Gasteiger partial charge in [-0.1, -0.05) is 79.9 Å². The molecule has 0 N–H and O–H groups in total. The molecule has 1 aromatic rings. The van der Waals surface area contributed by atoms with Crippen molar-refractivity contribution in [2.75, 3.05) is 0 Å². The maximum atomic E-state index is 12.5. The lowest BCUT2D eigenvalue weighted by Crippen LogP contribution is -2.06. The molecule has 24 heavy (non-hydrogen) atoms. The molecule has 0 unspecified atom stereocenters. The van der Waals surface area contributed by atoms with E-state index < -0.39 is 0 Å². The zero-order valence-corrected chi connectivity index (χ0v) is 14.2. The number of benzene rings is 1. The number of carbonyl (C=O) groups excluding carboxylic acids is 2. The standard InChI is InChI=1S/C22H22O2/c1-5-7-9-13-17(3)21(23)20(12-6-2)16-18(4)22(24)19-14-10-8-11-15-19/h5-16H,1-2H2,3-4H3/b9-7-,17-13+,18-16+,20-12+. The molecule has 1 aromatic carbocycles. The van der Waals surface area contributed by atoms with Crippen LogP contribution in [-0.4, -0.2) is 11.6 Å². The highest BCUT2D eigenvalue weighted by Crippen LogP contribution is 2.14. The van der Waals surface area contributed by atoms with Crippen molar-refractivity contribution in [3.63, 3.8) is 0 Å².